The highest BCUT2D eigenvalue weighted by Gasteiger charge is 2.23. The second kappa shape index (κ2) is 5.90. The maximum Gasteiger partial charge on any atom is 0.271 e. The predicted octanol–water partition coefficient (Wildman–Crippen LogP) is 3.60. The molecule has 0 unspecified atom stereocenters. The van der Waals surface area contributed by atoms with E-state index in [4.69, 9.17) is 11.6 Å². The minimum atomic E-state index is 0.0207. The fourth-order valence-electron chi connectivity index (χ4n) is 2.78. The maximum atomic E-state index is 12.5. The van der Waals surface area contributed by atoms with Gasteiger partial charge >= 0.3 is 0 Å². The molecule has 1 aliphatic rings. The highest BCUT2D eigenvalue weighted by molar-refractivity contribution is 6.33. The fourth-order valence-corrected chi connectivity index (χ4v) is 3.01. The van der Waals surface area contributed by atoms with Crippen molar-refractivity contribution in [1.29, 1.82) is 0 Å². The third-order valence-electron chi connectivity index (χ3n) is 3.90. The van der Waals surface area contributed by atoms with Crippen LogP contribution in [0.25, 0.3) is 11.3 Å². The van der Waals surface area contributed by atoms with Gasteiger partial charge in [-0.2, -0.15) is 5.10 Å². The molecule has 0 spiro atoms. The van der Waals surface area contributed by atoms with Gasteiger partial charge < -0.3 is 4.90 Å². The molecule has 0 saturated carbocycles. The smallest absolute Gasteiger partial charge is 0.271 e. The molecule has 1 aromatic carbocycles. The SMILES string of the molecule is C[C@H]1CCCN(C(=O)c2cc(-c3ccccc3Cl)n[nH]2)C1. The van der Waals surface area contributed by atoms with Crippen LogP contribution in [0.15, 0.2) is 30.3 Å². The van der Waals surface area contributed by atoms with E-state index in [9.17, 15) is 4.79 Å². The van der Waals surface area contributed by atoms with E-state index in [-0.39, 0.29) is 5.91 Å². The number of aromatic nitrogens is 2. The number of amides is 1. The molecule has 0 radical (unpaired) electrons. The summed E-state index contributed by atoms with van der Waals surface area (Å²) in [4.78, 5) is 14.4. The van der Waals surface area contributed by atoms with Crippen LogP contribution in [0.2, 0.25) is 5.02 Å². The Balaban J connectivity index is 1.82. The molecule has 1 aromatic heterocycles. The first kappa shape index (κ1) is 14.1. The molecular weight excluding hydrogens is 286 g/mol. The Hall–Kier alpha value is -1.81. The number of hydrogen-bond donors (Lipinski definition) is 1. The van der Waals surface area contributed by atoms with Crippen molar-refractivity contribution in [3.8, 4) is 11.3 Å². The van der Waals surface area contributed by atoms with Crippen molar-refractivity contribution >= 4 is 17.5 Å². The molecule has 1 N–H and O–H groups in total. The molecular formula is C16H18ClN3O. The van der Waals surface area contributed by atoms with E-state index in [1.54, 1.807) is 6.07 Å². The van der Waals surface area contributed by atoms with Gasteiger partial charge in [-0.1, -0.05) is 36.7 Å². The first-order valence-electron chi connectivity index (χ1n) is 7.24. The quantitative estimate of drug-likeness (QED) is 0.921. The molecule has 2 heterocycles. The highest BCUT2D eigenvalue weighted by Crippen LogP contribution is 2.26. The fraction of sp³-hybridized carbons (Fsp3) is 0.375. The lowest BCUT2D eigenvalue weighted by atomic mass is 10.00. The van der Waals surface area contributed by atoms with Crippen molar-refractivity contribution in [2.24, 2.45) is 5.92 Å². The van der Waals surface area contributed by atoms with Gasteiger partial charge in [0.15, 0.2) is 0 Å². The number of rotatable bonds is 2. The number of nitrogens with zero attached hydrogens (tertiary/aromatic N) is 2. The summed E-state index contributed by atoms with van der Waals surface area (Å²) < 4.78 is 0. The van der Waals surface area contributed by atoms with Crippen LogP contribution in [0.1, 0.15) is 30.3 Å². The summed E-state index contributed by atoms with van der Waals surface area (Å²) in [6.07, 6.45) is 2.26. The summed E-state index contributed by atoms with van der Waals surface area (Å²) in [7, 11) is 0. The van der Waals surface area contributed by atoms with Crippen LogP contribution in [0.4, 0.5) is 0 Å². The topological polar surface area (TPSA) is 49.0 Å². The van der Waals surface area contributed by atoms with Crippen molar-refractivity contribution in [2.75, 3.05) is 13.1 Å². The van der Waals surface area contributed by atoms with Crippen molar-refractivity contribution < 1.29 is 4.79 Å². The van der Waals surface area contributed by atoms with Crippen LogP contribution in [0, 0.1) is 5.92 Å². The Bertz CT molecular complexity index is 652. The molecule has 2 aromatic rings. The van der Waals surface area contributed by atoms with E-state index in [2.05, 4.69) is 17.1 Å². The van der Waals surface area contributed by atoms with E-state index >= 15 is 0 Å². The van der Waals surface area contributed by atoms with Gasteiger partial charge in [-0.3, -0.25) is 9.89 Å². The number of H-pyrrole nitrogens is 1. The molecule has 5 heteroatoms. The second-order valence-electron chi connectivity index (χ2n) is 5.65. The molecule has 1 amide bonds. The lowest BCUT2D eigenvalue weighted by molar-refractivity contribution is 0.0677. The Morgan fingerprint density at radius 2 is 2.24 bits per heavy atom. The highest BCUT2D eigenvalue weighted by atomic mass is 35.5. The molecule has 4 nitrogen and oxygen atoms in total. The van der Waals surface area contributed by atoms with Gasteiger partial charge in [0.25, 0.3) is 5.91 Å². The molecule has 1 atom stereocenters. The number of carbonyl (C=O) groups excluding carboxylic acids is 1. The molecule has 1 aliphatic heterocycles. The summed E-state index contributed by atoms with van der Waals surface area (Å²) in [6.45, 7) is 3.82. The molecule has 3 rings (SSSR count). The van der Waals surface area contributed by atoms with Crippen LogP contribution < -0.4 is 0 Å². The normalized spacial score (nSPS) is 18.8. The number of piperidine rings is 1. The van der Waals surface area contributed by atoms with Crippen LogP contribution in [-0.2, 0) is 0 Å². The van der Waals surface area contributed by atoms with Gasteiger partial charge in [0.2, 0.25) is 0 Å². The van der Waals surface area contributed by atoms with E-state index in [0.29, 0.717) is 22.3 Å². The zero-order valence-electron chi connectivity index (χ0n) is 12.0. The molecule has 0 aliphatic carbocycles. The summed E-state index contributed by atoms with van der Waals surface area (Å²) in [5.74, 6) is 0.584. The molecule has 1 saturated heterocycles. The third-order valence-corrected chi connectivity index (χ3v) is 4.23. The van der Waals surface area contributed by atoms with Crippen LogP contribution >= 0.6 is 11.6 Å². The first-order valence-corrected chi connectivity index (χ1v) is 7.62. The molecule has 1 fully saturated rings. The number of nitrogens with one attached hydrogen (secondary N) is 1. The van der Waals surface area contributed by atoms with Gasteiger partial charge in [0.05, 0.1) is 10.7 Å². The molecule has 110 valence electrons. The lowest BCUT2D eigenvalue weighted by Crippen LogP contribution is -2.39. The third kappa shape index (κ3) is 2.95. The van der Waals surface area contributed by atoms with Gasteiger partial charge in [0.1, 0.15) is 5.69 Å². The number of hydrogen-bond acceptors (Lipinski definition) is 2. The number of aromatic amines is 1. The van der Waals surface area contributed by atoms with Crippen molar-refractivity contribution in [3.63, 3.8) is 0 Å². The van der Waals surface area contributed by atoms with Crippen LogP contribution in [0.5, 0.6) is 0 Å². The predicted molar refractivity (Wildman–Crippen MR) is 83.3 cm³/mol. The monoisotopic (exact) mass is 303 g/mol. The van der Waals surface area contributed by atoms with Crippen LogP contribution in [0.3, 0.4) is 0 Å². The zero-order valence-corrected chi connectivity index (χ0v) is 12.7. The molecule has 0 bridgehead atoms. The van der Waals surface area contributed by atoms with Gasteiger partial charge in [-0.05, 0) is 30.9 Å². The Morgan fingerprint density at radius 3 is 3.00 bits per heavy atom. The van der Waals surface area contributed by atoms with Crippen molar-refractivity contribution in [1.82, 2.24) is 15.1 Å². The summed E-state index contributed by atoms with van der Waals surface area (Å²) >= 11 is 6.17. The summed E-state index contributed by atoms with van der Waals surface area (Å²) in [6, 6.07) is 9.28. The summed E-state index contributed by atoms with van der Waals surface area (Å²) in [5.41, 5.74) is 2.06. The minimum Gasteiger partial charge on any atom is -0.337 e. The standard InChI is InChI=1S/C16H18ClN3O/c1-11-5-4-8-20(10-11)16(21)15-9-14(18-19-15)12-6-2-3-7-13(12)17/h2-3,6-7,9,11H,4-5,8,10H2,1H3,(H,18,19)/t11-/m0/s1. The van der Waals surface area contributed by atoms with Gasteiger partial charge in [-0.25, -0.2) is 0 Å². The van der Waals surface area contributed by atoms with Gasteiger partial charge in [0, 0.05) is 18.7 Å². The minimum absolute atomic E-state index is 0.0207. The Morgan fingerprint density at radius 1 is 1.43 bits per heavy atom. The Labute approximate surface area is 129 Å². The Kier molecular flexibility index (Phi) is 3.97. The van der Waals surface area contributed by atoms with Crippen molar-refractivity contribution in [3.05, 3.63) is 41.0 Å². The van der Waals surface area contributed by atoms with E-state index < -0.39 is 0 Å². The largest absolute Gasteiger partial charge is 0.337 e. The van der Waals surface area contributed by atoms with Crippen LogP contribution in [-0.4, -0.2) is 34.1 Å². The van der Waals surface area contributed by atoms with E-state index in [0.717, 1.165) is 25.1 Å². The first-order chi connectivity index (χ1) is 10.1. The van der Waals surface area contributed by atoms with Gasteiger partial charge in [-0.15, -0.1) is 0 Å². The molecule has 21 heavy (non-hydrogen) atoms. The van der Waals surface area contributed by atoms with E-state index in [1.807, 2.05) is 29.2 Å². The number of carbonyl (C=O) groups is 1. The average Bonchev–Trinajstić information content (AvgIpc) is 2.96. The van der Waals surface area contributed by atoms with Crippen molar-refractivity contribution in [2.45, 2.75) is 19.8 Å². The maximum absolute atomic E-state index is 12.5. The second-order valence-corrected chi connectivity index (χ2v) is 6.05. The lowest BCUT2D eigenvalue weighted by Gasteiger charge is -2.30. The number of benzene rings is 1. The number of likely N-dealkylation sites (tertiary alicyclic amines) is 1. The zero-order chi connectivity index (χ0) is 14.8. The van der Waals surface area contributed by atoms with E-state index in [1.165, 1.54) is 6.42 Å². The summed E-state index contributed by atoms with van der Waals surface area (Å²) in [5, 5.41) is 7.70. The number of halogens is 1. The average molecular weight is 304 g/mol.